The molecule has 4 atom stereocenters. The predicted octanol–water partition coefficient (Wildman–Crippen LogP) is 1.55. The van der Waals surface area contributed by atoms with Crippen LogP contribution < -0.4 is 0 Å². The molecule has 0 heterocycles. The molecular formula is C11H20O2. The van der Waals surface area contributed by atoms with Gasteiger partial charge in [-0.3, -0.25) is 0 Å². The monoisotopic (exact) mass is 184 g/mol. The first-order chi connectivity index (χ1) is 5.72. The summed E-state index contributed by atoms with van der Waals surface area (Å²) < 4.78 is 0. The first-order valence-electron chi connectivity index (χ1n) is 5.13. The third-order valence-corrected chi connectivity index (χ3v) is 5.24. The molecule has 0 radical (unpaired) electrons. The third-order valence-electron chi connectivity index (χ3n) is 5.24. The Bertz CT molecular complexity index is 244. The Balaban J connectivity index is 2.48. The number of hydrogen-bond acceptors (Lipinski definition) is 2. The summed E-state index contributed by atoms with van der Waals surface area (Å²) in [5.74, 6) is 0.271. The van der Waals surface area contributed by atoms with Gasteiger partial charge in [-0.05, 0) is 31.1 Å². The maximum absolute atomic E-state index is 10.3. The summed E-state index contributed by atoms with van der Waals surface area (Å²) in [4.78, 5) is 0. The zero-order chi connectivity index (χ0) is 10.1. The molecule has 0 aliphatic heterocycles. The normalized spacial score (nSPS) is 58.6. The summed E-state index contributed by atoms with van der Waals surface area (Å²) in [5, 5.41) is 20.1. The van der Waals surface area contributed by atoms with Gasteiger partial charge < -0.3 is 10.2 Å². The highest BCUT2D eigenvalue weighted by molar-refractivity contribution is 5.19. The van der Waals surface area contributed by atoms with Gasteiger partial charge in [0.15, 0.2) is 0 Å². The lowest BCUT2D eigenvalue weighted by Crippen LogP contribution is -2.45. The quantitative estimate of drug-likeness (QED) is 0.599. The molecule has 0 spiro atoms. The summed E-state index contributed by atoms with van der Waals surface area (Å²) in [6, 6.07) is 0. The van der Waals surface area contributed by atoms with Crippen LogP contribution in [0.3, 0.4) is 0 Å². The van der Waals surface area contributed by atoms with Crippen molar-refractivity contribution < 1.29 is 10.2 Å². The Kier molecular flexibility index (Phi) is 1.54. The molecule has 0 unspecified atom stereocenters. The van der Waals surface area contributed by atoms with Crippen molar-refractivity contribution in [3.05, 3.63) is 0 Å². The van der Waals surface area contributed by atoms with Gasteiger partial charge in [-0.2, -0.15) is 0 Å². The zero-order valence-corrected chi connectivity index (χ0v) is 8.96. The van der Waals surface area contributed by atoms with E-state index in [4.69, 9.17) is 0 Å². The van der Waals surface area contributed by atoms with Crippen LogP contribution in [-0.4, -0.2) is 21.9 Å². The van der Waals surface area contributed by atoms with Crippen LogP contribution in [-0.2, 0) is 0 Å². The maximum Gasteiger partial charge on any atom is 0.0683 e. The lowest BCUT2D eigenvalue weighted by Gasteiger charge is -2.43. The van der Waals surface area contributed by atoms with Gasteiger partial charge in [0.25, 0.3) is 0 Å². The average molecular weight is 184 g/mol. The van der Waals surface area contributed by atoms with Gasteiger partial charge in [0.2, 0.25) is 0 Å². The zero-order valence-electron chi connectivity index (χ0n) is 8.96. The largest absolute Gasteiger partial charge is 0.393 e. The fraction of sp³-hybridized carbons (Fsp3) is 1.00. The van der Waals surface area contributed by atoms with E-state index >= 15 is 0 Å². The fourth-order valence-electron chi connectivity index (χ4n) is 3.67. The minimum Gasteiger partial charge on any atom is -0.393 e. The average Bonchev–Trinajstić information content (AvgIpc) is 2.17. The molecule has 2 aliphatic carbocycles. The maximum atomic E-state index is 10.3. The molecule has 2 saturated carbocycles. The third kappa shape index (κ3) is 0.816. The smallest absolute Gasteiger partial charge is 0.0683 e. The van der Waals surface area contributed by atoms with Crippen LogP contribution in [0.4, 0.5) is 0 Å². The van der Waals surface area contributed by atoms with Crippen molar-refractivity contribution in [2.75, 3.05) is 0 Å². The van der Waals surface area contributed by atoms with Gasteiger partial charge in [-0.15, -0.1) is 0 Å². The Hall–Kier alpha value is -0.0800. The molecule has 0 aromatic carbocycles. The van der Waals surface area contributed by atoms with E-state index in [1.807, 2.05) is 6.92 Å². The molecule has 2 rings (SSSR count). The van der Waals surface area contributed by atoms with Crippen molar-refractivity contribution in [1.29, 1.82) is 0 Å². The van der Waals surface area contributed by atoms with Gasteiger partial charge in [-0.25, -0.2) is 0 Å². The van der Waals surface area contributed by atoms with Gasteiger partial charge in [0.05, 0.1) is 11.7 Å². The standard InChI is InChI=1S/C11H20O2/c1-9(2)7-5-11(4,13)10(9,3)6-8(7)12/h7-8,12-13H,5-6H2,1-4H3/t7-,8+,10-,11-/m0/s1. The van der Waals surface area contributed by atoms with Crippen LogP contribution in [0.15, 0.2) is 0 Å². The van der Waals surface area contributed by atoms with Crippen LogP contribution in [0, 0.1) is 16.7 Å². The van der Waals surface area contributed by atoms with E-state index in [2.05, 4.69) is 20.8 Å². The number of hydrogen-bond donors (Lipinski definition) is 2. The highest BCUT2D eigenvalue weighted by Crippen LogP contribution is 2.69. The second kappa shape index (κ2) is 2.12. The molecule has 2 nitrogen and oxygen atoms in total. The van der Waals surface area contributed by atoms with Gasteiger partial charge >= 0.3 is 0 Å². The van der Waals surface area contributed by atoms with Crippen LogP contribution in [0.5, 0.6) is 0 Å². The van der Waals surface area contributed by atoms with Crippen molar-refractivity contribution in [3.63, 3.8) is 0 Å². The molecule has 0 aromatic heterocycles. The lowest BCUT2D eigenvalue weighted by atomic mass is 9.65. The van der Waals surface area contributed by atoms with Crippen molar-refractivity contribution >= 4 is 0 Å². The van der Waals surface area contributed by atoms with Crippen LogP contribution in [0.25, 0.3) is 0 Å². The van der Waals surface area contributed by atoms with Crippen molar-refractivity contribution in [1.82, 2.24) is 0 Å². The Morgan fingerprint density at radius 2 is 1.62 bits per heavy atom. The van der Waals surface area contributed by atoms with E-state index in [0.717, 1.165) is 12.8 Å². The summed E-state index contributed by atoms with van der Waals surface area (Å²) in [5.41, 5.74) is -0.652. The fourth-order valence-corrected chi connectivity index (χ4v) is 3.67. The number of fused-ring (bicyclic) bond motifs is 2. The molecule has 2 N–H and O–H groups in total. The van der Waals surface area contributed by atoms with Crippen LogP contribution in [0.2, 0.25) is 0 Å². The van der Waals surface area contributed by atoms with E-state index in [0.29, 0.717) is 0 Å². The molecule has 2 heteroatoms. The van der Waals surface area contributed by atoms with Gasteiger partial charge in [-0.1, -0.05) is 20.8 Å². The second-order valence-electron chi connectivity index (χ2n) is 5.91. The molecule has 13 heavy (non-hydrogen) atoms. The van der Waals surface area contributed by atoms with Gasteiger partial charge in [0.1, 0.15) is 0 Å². The summed E-state index contributed by atoms with van der Waals surface area (Å²) >= 11 is 0. The van der Waals surface area contributed by atoms with E-state index < -0.39 is 5.60 Å². The molecule has 2 bridgehead atoms. The first kappa shape index (κ1) is 9.47. The Morgan fingerprint density at radius 3 is 1.85 bits per heavy atom. The first-order valence-corrected chi connectivity index (χ1v) is 5.13. The number of rotatable bonds is 0. The van der Waals surface area contributed by atoms with Crippen LogP contribution in [0.1, 0.15) is 40.5 Å². The van der Waals surface area contributed by atoms with Gasteiger partial charge in [0, 0.05) is 5.41 Å². The molecule has 0 aromatic rings. The second-order valence-corrected chi connectivity index (χ2v) is 5.91. The number of aliphatic hydroxyl groups excluding tert-OH is 1. The Labute approximate surface area is 80.0 Å². The number of aliphatic hydroxyl groups is 2. The van der Waals surface area contributed by atoms with Crippen molar-refractivity contribution in [2.24, 2.45) is 16.7 Å². The van der Waals surface area contributed by atoms with E-state index in [-0.39, 0.29) is 22.9 Å². The van der Waals surface area contributed by atoms with E-state index in [1.54, 1.807) is 0 Å². The molecular weight excluding hydrogens is 164 g/mol. The SMILES string of the molecule is CC1(C)[C@H]2C[C@](C)(O)[C@@]1(C)C[C@H]2O. The van der Waals surface area contributed by atoms with E-state index in [1.165, 1.54) is 0 Å². The van der Waals surface area contributed by atoms with E-state index in [9.17, 15) is 10.2 Å². The predicted molar refractivity (Wildman–Crippen MR) is 51.2 cm³/mol. The minimum atomic E-state index is -0.597. The minimum absolute atomic E-state index is 0.0654. The Morgan fingerprint density at radius 1 is 1.08 bits per heavy atom. The molecule has 2 fully saturated rings. The highest BCUT2D eigenvalue weighted by Gasteiger charge is 2.69. The highest BCUT2D eigenvalue weighted by atomic mass is 16.3. The van der Waals surface area contributed by atoms with Crippen molar-refractivity contribution in [3.8, 4) is 0 Å². The van der Waals surface area contributed by atoms with Crippen LogP contribution >= 0.6 is 0 Å². The molecule has 2 aliphatic rings. The molecule has 76 valence electrons. The topological polar surface area (TPSA) is 40.5 Å². The summed E-state index contributed by atoms with van der Waals surface area (Å²) in [6.45, 7) is 8.38. The summed E-state index contributed by atoms with van der Waals surface area (Å²) in [6.07, 6.45) is 1.29. The molecule has 0 amide bonds. The molecule has 0 saturated heterocycles. The summed E-state index contributed by atoms with van der Waals surface area (Å²) in [7, 11) is 0. The lowest BCUT2D eigenvalue weighted by molar-refractivity contribution is -0.0885. The van der Waals surface area contributed by atoms with Crippen molar-refractivity contribution in [2.45, 2.75) is 52.2 Å².